The van der Waals surface area contributed by atoms with Gasteiger partial charge in [0.2, 0.25) is 10.0 Å². The van der Waals surface area contributed by atoms with Gasteiger partial charge in [-0.15, -0.1) is 0 Å². The smallest absolute Gasteiger partial charge is 0.218 e. The predicted octanol–water partition coefficient (Wildman–Crippen LogP) is 1.99. The van der Waals surface area contributed by atoms with Crippen LogP contribution in [0.25, 0.3) is 0 Å². The quantitative estimate of drug-likeness (QED) is 0.749. The van der Waals surface area contributed by atoms with E-state index < -0.39 is 10.0 Å². The van der Waals surface area contributed by atoms with Crippen molar-refractivity contribution in [2.45, 2.75) is 31.1 Å². The van der Waals surface area contributed by atoms with E-state index in [2.05, 4.69) is 5.10 Å². The number of carbonyl (C=O) groups excluding carboxylic acids is 1. The molecule has 6 nitrogen and oxygen atoms in total. The number of rotatable bonds is 6. The van der Waals surface area contributed by atoms with E-state index in [1.54, 1.807) is 17.9 Å². The van der Waals surface area contributed by atoms with E-state index in [-0.39, 0.29) is 24.0 Å². The van der Waals surface area contributed by atoms with Crippen molar-refractivity contribution in [3.8, 4) is 0 Å². The molecule has 0 N–H and O–H groups in total. The molecule has 0 bridgehead atoms. The van der Waals surface area contributed by atoms with E-state index in [1.807, 2.05) is 30.3 Å². The van der Waals surface area contributed by atoms with Crippen LogP contribution >= 0.6 is 0 Å². The second-order valence-corrected chi connectivity index (χ2v) is 8.10. The SMILES string of the molecule is Cn1cc(C(=O)C[C@@H]2CCCN2S(=O)(=O)Cc2ccccc2)cn1. The Kier molecular flexibility index (Phi) is 4.82. The average molecular weight is 347 g/mol. The zero-order valence-corrected chi connectivity index (χ0v) is 14.4. The van der Waals surface area contributed by atoms with Crippen LogP contribution in [0.1, 0.15) is 35.2 Å². The van der Waals surface area contributed by atoms with Gasteiger partial charge in [0.05, 0.1) is 17.5 Å². The van der Waals surface area contributed by atoms with Crippen molar-refractivity contribution in [1.82, 2.24) is 14.1 Å². The van der Waals surface area contributed by atoms with Crippen LogP contribution in [-0.4, -0.2) is 40.9 Å². The first kappa shape index (κ1) is 16.9. The Hall–Kier alpha value is -1.99. The van der Waals surface area contributed by atoms with Crippen molar-refractivity contribution in [3.05, 3.63) is 53.9 Å². The lowest BCUT2D eigenvalue weighted by Crippen LogP contribution is -2.37. The molecule has 0 aliphatic carbocycles. The molecule has 2 heterocycles. The molecule has 0 spiro atoms. The molecule has 0 unspecified atom stereocenters. The molecule has 1 aromatic heterocycles. The van der Waals surface area contributed by atoms with Crippen LogP contribution in [0.5, 0.6) is 0 Å². The molecule has 1 aliphatic heterocycles. The summed E-state index contributed by atoms with van der Waals surface area (Å²) in [6.07, 6.45) is 4.92. The van der Waals surface area contributed by atoms with E-state index in [1.165, 1.54) is 10.5 Å². The fourth-order valence-corrected chi connectivity index (χ4v) is 4.97. The maximum absolute atomic E-state index is 12.7. The molecule has 1 aromatic carbocycles. The summed E-state index contributed by atoms with van der Waals surface area (Å²) in [5.41, 5.74) is 1.30. The van der Waals surface area contributed by atoms with Crippen molar-refractivity contribution < 1.29 is 13.2 Å². The van der Waals surface area contributed by atoms with Crippen LogP contribution in [0.3, 0.4) is 0 Å². The highest BCUT2D eigenvalue weighted by molar-refractivity contribution is 7.88. The van der Waals surface area contributed by atoms with Crippen LogP contribution in [-0.2, 0) is 22.8 Å². The topological polar surface area (TPSA) is 72.3 Å². The van der Waals surface area contributed by atoms with Crippen molar-refractivity contribution in [2.75, 3.05) is 6.54 Å². The second-order valence-electron chi connectivity index (χ2n) is 6.18. The van der Waals surface area contributed by atoms with E-state index in [9.17, 15) is 13.2 Å². The third kappa shape index (κ3) is 3.73. The molecule has 1 saturated heterocycles. The molecule has 128 valence electrons. The first-order chi connectivity index (χ1) is 11.5. The van der Waals surface area contributed by atoms with Crippen LogP contribution in [0, 0.1) is 0 Å². The van der Waals surface area contributed by atoms with Crippen LogP contribution in [0.15, 0.2) is 42.7 Å². The van der Waals surface area contributed by atoms with Gasteiger partial charge in [-0.2, -0.15) is 9.40 Å². The Morgan fingerprint density at radius 2 is 2.04 bits per heavy atom. The summed E-state index contributed by atoms with van der Waals surface area (Å²) in [7, 11) is -1.67. The summed E-state index contributed by atoms with van der Waals surface area (Å²) in [6.45, 7) is 0.486. The summed E-state index contributed by atoms with van der Waals surface area (Å²) < 4.78 is 28.5. The minimum absolute atomic E-state index is 0.0224. The van der Waals surface area contributed by atoms with E-state index in [0.717, 1.165) is 18.4 Å². The molecule has 0 saturated carbocycles. The van der Waals surface area contributed by atoms with Crippen molar-refractivity contribution >= 4 is 15.8 Å². The Bertz CT molecular complexity index is 815. The van der Waals surface area contributed by atoms with Gasteiger partial charge >= 0.3 is 0 Å². The van der Waals surface area contributed by atoms with Crippen LogP contribution < -0.4 is 0 Å². The van der Waals surface area contributed by atoms with Crippen molar-refractivity contribution in [3.63, 3.8) is 0 Å². The van der Waals surface area contributed by atoms with Gasteiger partial charge in [0.15, 0.2) is 5.78 Å². The van der Waals surface area contributed by atoms with Crippen LogP contribution in [0.2, 0.25) is 0 Å². The number of aryl methyl sites for hydroxylation is 1. The van der Waals surface area contributed by atoms with Gasteiger partial charge in [0.25, 0.3) is 0 Å². The third-order valence-electron chi connectivity index (χ3n) is 4.32. The molecule has 1 aliphatic rings. The molecule has 7 heteroatoms. The summed E-state index contributed by atoms with van der Waals surface area (Å²) in [4.78, 5) is 12.4. The lowest BCUT2D eigenvalue weighted by molar-refractivity contribution is 0.0961. The van der Waals surface area contributed by atoms with E-state index in [4.69, 9.17) is 0 Å². The molecule has 0 amide bonds. The van der Waals surface area contributed by atoms with E-state index >= 15 is 0 Å². The summed E-state index contributed by atoms with van der Waals surface area (Å²) in [6, 6.07) is 8.89. The van der Waals surface area contributed by atoms with Gasteiger partial charge < -0.3 is 0 Å². The standard InChI is InChI=1S/C17H21N3O3S/c1-19-12-15(11-18-19)17(21)10-16-8-5-9-20(16)24(22,23)13-14-6-3-2-4-7-14/h2-4,6-7,11-12,16H,5,8-10,13H2,1H3/t16-/m0/s1. The zero-order chi connectivity index (χ0) is 17.2. The summed E-state index contributed by atoms with van der Waals surface area (Å²) >= 11 is 0. The lowest BCUT2D eigenvalue weighted by atomic mass is 10.1. The molecule has 3 rings (SSSR count). The van der Waals surface area contributed by atoms with Gasteiger partial charge in [-0.3, -0.25) is 9.48 Å². The largest absolute Gasteiger partial charge is 0.294 e. The highest BCUT2D eigenvalue weighted by Crippen LogP contribution is 2.26. The minimum Gasteiger partial charge on any atom is -0.294 e. The molecular formula is C17H21N3O3S. The van der Waals surface area contributed by atoms with Gasteiger partial charge in [0, 0.05) is 32.3 Å². The number of hydrogen-bond acceptors (Lipinski definition) is 4. The predicted molar refractivity (Wildman–Crippen MR) is 90.9 cm³/mol. The maximum Gasteiger partial charge on any atom is 0.218 e. The fourth-order valence-electron chi connectivity index (χ4n) is 3.14. The Labute approximate surface area is 142 Å². The molecule has 24 heavy (non-hydrogen) atoms. The summed E-state index contributed by atoms with van der Waals surface area (Å²) in [5, 5.41) is 4.00. The molecular weight excluding hydrogens is 326 g/mol. The monoisotopic (exact) mass is 347 g/mol. The molecule has 1 fully saturated rings. The van der Waals surface area contributed by atoms with Crippen molar-refractivity contribution in [1.29, 1.82) is 0 Å². The first-order valence-corrected chi connectivity index (χ1v) is 9.62. The lowest BCUT2D eigenvalue weighted by Gasteiger charge is -2.23. The Balaban J connectivity index is 1.71. The Morgan fingerprint density at radius 1 is 1.29 bits per heavy atom. The van der Waals surface area contributed by atoms with Gasteiger partial charge in [-0.25, -0.2) is 8.42 Å². The van der Waals surface area contributed by atoms with E-state index in [0.29, 0.717) is 12.1 Å². The average Bonchev–Trinajstić information content (AvgIpc) is 3.17. The summed E-state index contributed by atoms with van der Waals surface area (Å²) in [5.74, 6) is -0.0827. The number of Topliss-reactive ketones (excluding diaryl/α,β-unsaturated/α-hetero) is 1. The van der Waals surface area contributed by atoms with Gasteiger partial charge in [0.1, 0.15) is 0 Å². The number of hydrogen-bond donors (Lipinski definition) is 0. The Morgan fingerprint density at radius 3 is 2.71 bits per heavy atom. The van der Waals surface area contributed by atoms with Gasteiger partial charge in [-0.1, -0.05) is 30.3 Å². The molecule has 1 atom stereocenters. The minimum atomic E-state index is -3.42. The first-order valence-electron chi connectivity index (χ1n) is 8.01. The fraction of sp³-hybridized carbons (Fsp3) is 0.412. The number of sulfonamides is 1. The number of nitrogens with zero attached hydrogens (tertiary/aromatic N) is 3. The number of benzene rings is 1. The third-order valence-corrected chi connectivity index (χ3v) is 6.21. The highest BCUT2D eigenvalue weighted by atomic mass is 32.2. The normalized spacial score (nSPS) is 18.8. The highest BCUT2D eigenvalue weighted by Gasteiger charge is 2.35. The number of carbonyl (C=O) groups is 1. The maximum atomic E-state index is 12.7. The zero-order valence-electron chi connectivity index (χ0n) is 13.6. The second kappa shape index (κ2) is 6.86. The number of aromatic nitrogens is 2. The van der Waals surface area contributed by atoms with Crippen molar-refractivity contribution in [2.24, 2.45) is 7.05 Å². The molecule has 0 radical (unpaired) electrons. The molecule has 2 aromatic rings. The van der Waals surface area contributed by atoms with Crippen LogP contribution in [0.4, 0.5) is 0 Å². The van der Waals surface area contributed by atoms with Gasteiger partial charge in [-0.05, 0) is 18.4 Å². The number of ketones is 1.